The first-order chi connectivity index (χ1) is 12.8. The summed E-state index contributed by atoms with van der Waals surface area (Å²) >= 11 is 12.0. The van der Waals surface area contributed by atoms with Gasteiger partial charge in [-0.3, -0.25) is 4.79 Å². The molecule has 27 heavy (non-hydrogen) atoms. The predicted octanol–water partition coefficient (Wildman–Crippen LogP) is 3.70. The van der Waals surface area contributed by atoms with Crippen molar-refractivity contribution in [1.29, 1.82) is 0 Å². The monoisotopic (exact) mass is 428 g/mol. The van der Waals surface area contributed by atoms with E-state index in [0.717, 1.165) is 12.8 Å². The topological polar surface area (TPSA) is 84.5 Å². The van der Waals surface area contributed by atoms with E-state index < -0.39 is 15.9 Å². The highest BCUT2D eigenvalue weighted by Crippen LogP contribution is 2.24. The maximum atomic E-state index is 12.6. The van der Waals surface area contributed by atoms with Gasteiger partial charge < -0.3 is 10.1 Å². The maximum absolute atomic E-state index is 12.6. The van der Waals surface area contributed by atoms with Crippen LogP contribution in [0.25, 0.3) is 0 Å². The molecule has 6 nitrogen and oxygen atoms in total. The normalized spacial score (nSPS) is 17.0. The van der Waals surface area contributed by atoms with E-state index in [-0.39, 0.29) is 28.1 Å². The molecule has 1 heterocycles. The van der Waals surface area contributed by atoms with Gasteiger partial charge >= 0.3 is 0 Å². The Bertz CT molecular complexity index is 944. The molecule has 1 atom stereocenters. The van der Waals surface area contributed by atoms with Crippen molar-refractivity contribution in [2.45, 2.75) is 23.8 Å². The summed E-state index contributed by atoms with van der Waals surface area (Å²) < 4.78 is 33.1. The van der Waals surface area contributed by atoms with Crippen molar-refractivity contribution in [2.75, 3.05) is 18.5 Å². The molecule has 144 valence electrons. The molecule has 0 saturated carbocycles. The Morgan fingerprint density at radius 3 is 2.70 bits per heavy atom. The highest BCUT2D eigenvalue weighted by atomic mass is 35.5. The van der Waals surface area contributed by atoms with Crippen molar-refractivity contribution < 1.29 is 17.9 Å². The second-order valence-electron chi connectivity index (χ2n) is 6.10. The summed E-state index contributed by atoms with van der Waals surface area (Å²) in [7, 11) is -3.88. The van der Waals surface area contributed by atoms with Crippen molar-refractivity contribution in [3.8, 4) is 0 Å². The molecule has 1 amide bonds. The van der Waals surface area contributed by atoms with Crippen LogP contribution in [0, 0.1) is 0 Å². The number of anilines is 1. The highest BCUT2D eigenvalue weighted by Gasteiger charge is 2.23. The number of rotatable bonds is 6. The average Bonchev–Trinajstić information content (AvgIpc) is 3.14. The fourth-order valence-corrected chi connectivity index (χ4v) is 4.49. The Morgan fingerprint density at radius 1 is 1.19 bits per heavy atom. The number of sulfonamides is 1. The second kappa shape index (κ2) is 8.58. The number of ether oxygens (including phenoxy) is 1. The SMILES string of the molecule is O=C(Nc1cccc(Cl)c1)c1ccc(Cl)c(S(=O)(=O)NCC2CCCO2)c1. The van der Waals surface area contributed by atoms with Crippen molar-refractivity contribution in [3.05, 3.63) is 58.1 Å². The molecule has 2 aromatic carbocycles. The molecule has 1 saturated heterocycles. The van der Waals surface area contributed by atoms with Crippen LogP contribution in [0.5, 0.6) is 0 Å². The minimum atomic E-state index is -3.88. The summed E-state index contributed by atoms with van der Waals surface area (Å²) in [5, 5.41) is 3.19. The minimum absolute atomic E-state index is 0.0362. The van der Waals surface area contributed by atoms with Gasteiger partial charge in [-0.1, -0.05) is 29.3 Å². The van der Waals surface area contributed by atoms with Crippen LogP contribution in [0.1, 0.15) is 23.2 Å². The Morgan fingerprint density at radius 2 is 2.00 bits per heavy atom. The van der Waals surface area contributed by atoms with Crippen molar-refractivity contribution >= 4 is 44.8 Å². The number of amides is 1. The van der Waals surface area contributed by atoms with Crippen LogP contribution in [-0.4, -0.2) is 33.6 Å². The van der Waals surface area contributed by atoms with Gasteiger partial charge in [0.05, 0.1) is 11.1 Å². The first kappa shape index (κ1) is 20.1. The number of benzene rings is 2. The zero-order valence-electron chi connectivity index (χ0n) is 14.2. The number of hydrogen-bond donors (Lipinski definition) is 2. The van der Waals surface area contributed by atoms with Gasteiger partial charge in [0, 0.05) is 29.4 Å². The Labute approximate surface area is 167 Å². The van der Waals surface area contributed by atoms with Crippen LogP contribution in [-0.2, 0) is 14.8 Å². The summed E-state index contributed by atoms with van der Waals surface area (Å²) in [5.74, 6) is -0.468. The molecule has 0 bridgehead atoms. The van der Waals surface area contributed by atoms with E-state index in [2.05, 4.69) is 10.0 Å². The molecule has 0 aromatic heterocycles. The van der Waals surface area contributed by atoms with Crippen LogP contribution in [0.15, 0.2) is 47.4 Å². The molecule has 1 aliphatic rings. The van der Waals surface area contributed by atoms with Gasteiger partial charge in [0.25, 0.3) is 5.91 Å². The van der Waals surface area contributed by atoms with E-state index in [1.165, 1.54) is 18.2 Å². The van der Waals surface area contributed by atoms with E-state index in [0.29, 0.717) is 17.3 Å². The molecule has 2 N–H and O–H groups in total. The van der Waals surface area contributed by atoms with Crippen LogP contribution in [0.4, 0.5) is 5.69 Å². The van der Waals surface area contributed by atoms with Gasteiger partial charge in [-0.05, 0) is 49.2 Å². The number of carbonyl (C=O) groups excluding carboxylic acids is 1. The number of nitrogens with one attached hydrogen (secondary N) is 2. The van der Waals surface area contributed by atoms with E-state index >= 15 is 0 Å². The second-order valence-corrected chi connectivity index (χ2v) is 8.68. The standard InChI is InChI=1S/C18H18Cl2N2O4S/c19-13-3-1-4-14(10-13)22-18(23)12-6-7-16(20)17(9-12)27(24,25)21-11-15-5-2-8-26-15/h1,3-4,6-7,9-10,15,21H,2,5,8,11H2,(H,22,23). The number of halogens is 2. The molecule has 1 aliphatic heterocycles. The highest BCUT2D eigenvalue weighted by molar-refractivity contribution is 7.89. The first-order valence-electron chi connectivity index (χ1n) is 8.33. The lowest BCUT2D eigenvalue weighted by molar-refractivity contribution is 0.102. The summed E-state index contributed by atoms with van der Waals surface area (Å²) in [6.07, 6.45) is 1.57. The number of carbonyl (C=O) groups is 1. The van der Waals surface area contributed by atoms with Crippen LogP contribution < -0.4 is 10.0 Å². The van der Waals surface area contributed by atoms with Gasteiger partial charge in [-0.25, -0.2) is 13.1 Å². The van der Waals surface area contributed by atoms with Crippen molar-refractivity contribution in [1.82, 2.24) is 4.72 Å². The smallest absolute Gasteiger partial charge is 0.255 e. The minimum Gasteiger partial charge on any atom is -0.377 e. The molecule has 0 spiro atoms. The third-order valence-electron chi connectivity index (χ3n) is 4.09. The van der Waals surface area contributed by atoms with Crippen molar-refractivity contribution in [3.63, 3.8) is 0 Å². The molecular formula is C18H18Cl2N2O4S. The lowest BCUT2D eigenvalue weighted by Crippen LogP contribution is -2.32. The maximum Gasteiger partial charge on any atom is 0.255 e. The van der Waals surface area contributed by atoms with Crippen LogP contribution in [0.2, 0.25) is 10.0 Å². The third-order valence-corrected chi connectivity index (χ3v) is 6.23. The van der Waals surface area contributed by atoms with Gasteiger partial charge in [-0.2, -0.15) is 0 Å². The quantitative estimate of drug-likeness (QED) is 0.734. The Hall–Kier alpha value is -1.64. The lowest BCUT2D eigenvalue weighted by Gasteiger charge is -2.13. The fourth-order valence-electron chi connectivity index (χ4n) is 2.71. The molecule has 2 aromatic rings. The van der Waals surface area contributed by atoms with E-state index in [9.17, 15) is 13.2 Å². The summed E-state index contributed by atoms with van der Waals surface area (Å²) in [4.78, 5) is 12.3. The largest absolute Gasteiger partial charge is 0.377 e. The zero-order chi connectivity index (χ0) is 19.4. The average molecular weight is 429 g/mol. The van der Waals surface area contributed by atoms with Gasteiger partial charge in [0.2, 0.25) is 10.0 Å². The first-order valence-corrected chi connectivity index (χ1v) is 10.6. The molecule has 0 radical (unpaired) electrons. The van der Waals surface area contributed by atoms with E-state index in [1.54, 1.807) is 24.3 Å². The van der Waals surface area contributed by atoms with E-state index in [1.807, 2.05) is 0 Å². The Balaban J connectivity index is 1.77. The van der Waals surface area contributed by atoms with E-state index in [4.69, 9.17) is 27.9 Å². The molecule has 1 fully saturated rings. The number of hydrogen-bond acceptors (Lipinski definition) is 4. The van der Waals surface area contributed by atoms with Crippen LogP contribution >= 0.6 is 23.2 Å². The Kier molecular flexibility index (Phi) is 6.39. The van der Waals surface area contributed by atoms with Gasteiger partial charge in [0.1, 0.15) is 4.90 Å². The fraction of sp³-hybridized carbons (Fsp3) is 0.278. The molecular weight excluding hydrogens is 411 g/mol. The predicted molar refractivity (Wildman–Crippen MR) is 105 cm³/mol. The lowest BCUT2D eigenvalue weighted by atomic mass is 10.2. The summed E-state index contributed by atoms with van der Waals surface area (Å²) in [6, 6.07) is 10.8. The van der Waals surface area contributed by atoms with Gasteiger partial charge in [-0.15, -0.1) is 0 Å². The molecule has 9 heteroatoms. The van der Waals surface area contributed by atoms with Crippen LogP contribution in [0.3, 0.4) is 0 Å². The molecule has 3 rings (SSSR count). The summed E-state index contributed by atoms with van der Waals surface area (Å²) in [6.45, 7) is 0.796. The van der Waals surface area contributed by atoms with Gasteiger partial charge in [0.15, 0.2) is 0 Å². The molecule has 0 aliphatic carbocycles. The van der Waals surface area contributed by atoms with Crippen molar-refractivity contribution in [2.24, 2.45) is 0 Å². The molecule has 1 unspecified atom stereocenters. The summed E-state index contributed by atoms with van der Waals surface area (Å²) in [5.41, 5.74) is 0.667. The zero-order valence-corrected chi connectivity index (χ0v) is 16.6. The third kappa shape index (κ3) is 5.21.